The highest BCUT2D eigenvalue weighted by Gasteiger charge is 2.33. The van der Waals surface area contributed by atoms with Gasteiger partial charge in [0.1, 0.15) is 5.75 Å². The third-order valence-electron chi connectivity index (χ3n) is 4.98. The summed E-state index contributed by atoms with van der Waals surface area (Å²) in [4.78, 5) is 27.1. The molecule has 2 amide bonds. The first-order chi connectivity index (χ1) is 13.0. The molecule has 0 bridgehead atoms. The number of aromatic hydroxyl groups is 1. The van der Waals surface area contributed by atoms with Gasteiger partial charge in [0.05, 0.1) is 6.04 Å². The van der Waals surface area contributed by atoms with Crippen molar-refractivity contribution in [1.82, 2.24) is 10.2 Å². The van der Waals surface area contributed by atoms with Crippen LogP contribution >= 0.6 is 0 Å². The Labute approximate surface area is 158 Å². The Balaban J connectivity index is 1.87. The zero-order valence-electron chi connectivity index (χ0n) is 15.3. The van der Waals surface area contributed by atoms with Crippen LogP contribution in [0.1, 0.15) is 40.4 Å². The number of aliphatic hydroxyl groups is 1. The number of likely N-dealkylation sites (tertiary alicyclic amines) is 1. The summed E-state index contributed by atoms with van der Waals surface area (Å²) in [7, 11) is 0. The molecule has 0 radical (unpaired) electrons. The van der Waals surface area contributed by atoms with Crippen molar-refractivity contribution >= 4 is 11.8 Å². The molecule has 0 saturated carbocycles. The van der Waals surface area contributed by atoms with E-state index in [9.17, 15) is 19.8 Å². The van der Waals surface area contributed by atoms with Crippen molar-refractivity contribution in [3.05, 3.63) is 65.2 Å². The third kappa shape index (κ3) is 4.11. The highest BCUT2D eigenvalue weighted by Crippen LogP contribution is 2.24. The lowest BCUT2D eigenvalue weighted by Crippen LogP contribution is -2.46. The van der Waals surface area contributed by atoms with Crippen LogP contribution in [0.15, 0.2) is 48.5 Å². The number of nitrogens with one attached hydrogen (secondary N) is 1. The smallest absolute Gasteiger partial charge is 0.253 e. The summed E-state index contributed by atoms with van der Waals surface area (Å²) in [6.45, 7) is 2.89. The number of hydrogen-bond donors (Lipinski definition) is 3. The van der Waals surface area contributed by atoms with Crippen molar-refractivity contribution in [2.45, 2.75) is 31.9 Å². The number of aliphatic hydroxyl groups excluding tert-OH is 1. The van der Waals surface area contributed by atoms with Crippen molar-refractivity contribution in [1.29, 1.82) is 0 Å². The largest absolute Gasteiger partial charge is 0.508 e. The van der Waals surface area contributed by atoms with Gasteiger partial charge in [-0.05, 0) is 37.5 Å². The van der Waals surface area contributed by atoms with Gasteiger partial charge in [-0.3, -0.25) is 9.59 Å². The standard InChI is InChI=1S/C21H24N2O4/c1-14-16(10-7-11-17(14)24)20(26)22-18(15-8-3-2-4-9-15)19(25)21(27)23-12-5-6-13-23/h2-4,7-11,18-19,24-25H,5-6,12-13H2,1H3,(H,22,26). The summed E-state index contributed by atoms with van der Waals surface area (Å²) in [5.41, 5.74) is 1.39. The molecule has 2 unspecified atom stereocenters. The van der Waals surface area contributed by atoms with Gasteiger partial charge < -0.3 is 20.4 Å². The first-order valence-electron chi connectivity index (χ1n) is 9.10. The fourth-order valence-electron chi connectivity index (χ4n) is 3.36. The van der Waals surface area contributed by atoms with E-state index in [1.54, 1.807) is 48.2 Å². The molecule has 1 aliphatic heterocycles. The van der Waals surface area contributed by atoms with E-state index in [0.717, 1.165) is 12.8 Å². The predicted octanol–water partition coefficient (Wildman–Crippen LogP) is 2.16. The van der Waals surface area contributed by atoms with Crippen molar-refractivity contribution in [2.75, 3.05) is 13.1 Å². The van der Waals surface area contributed by atoms with E-state index in [4.69, 9.17) is 0 Å². The lowest BCUT2D eigenvalue weighted by atomic mass is 9.99. The van der Waals surface area contributed by atoms with Gasteiger partial charge in [0.15, 0.2) is 6.10 Å². The summed E-state index contributed by atoms with van der Waals surface area (Å²) in [6, 6.07) is 12.8. The maximum Gasteiger partial charge on any atom is 0.253 e. The van der Waals surface area contributed by atoms with E-state index in [2.05, 4.69) is 5.32 Å². The Morgan fingerprint density at radius 3 is 2.37 bits per heavy atom. The summed E-state index contributed by atoms with van der Waals surface area (Å²) in [6.07, 6.45) is 0.458. The Bertz CT molecular complexity index is 816. The van der Waals surface area contributed by atoms with Crippen molar-refractivity contribution in [3.63, 3.8) is 0 Å². The Morgan fingerprint density at radius 2 is 1.70 bits per heavy atom. The van der Waals surface area contributed by atoms with E-state index < -0.39 is 18.1 Å². The molecule has 1 fully saturated rings. The molecule has 27 heavy (non-hydrogen) atoms. The van der Waals surface area contributed by atoms with Crippen molar-refractivity contribution in [2.24, 2.45) is 0 Å². The average molecular weight is 368 g/mol. The molecule has 2 atom stereocenters. The monoisotopic (exact) mass is 368 g/mol. The summed E-state index contributed by atoms with van der Waals surface area (Å²) in [5.74, 6) is -0.813. The van der Waals surface area contributed by atoms with E-state index >= 15 is 0 Å². The quantitative estimate of drug-likeness (QED) is 0.754. The van der Waals surface area contributed by atoms with Gasteiger partial charge in [-0.2, -0.15) is 0 Å². The minimum Gasteiger partial charge on any atom is -0.508 e. The third-order valence-corrected chi connectivity index (χ3v) is 4.98. The van der Waals surface area contributed by atoms with Gasteiger partial charge in [-0.1, -0.05) is 36.4 Å². The zero-order chi connectivity index (χ0) is 19.4. The van der Waals surface area contributed by atoms with E-state index in [0.29, 0.717) is 29.8 Å². The summed E-state index contributed by atoms with van der Waals surface area (Å²) in [5, 5.41) is 23.4. The van der Waals surface area contributed by atoms with Crippen LogP contribution in [0.25, 0.3) is 0 Å². The SMILES string of the molecule is Cc1c(O)cccc1C(=O)NC(c1ccccc1)C(O)C(=O)N1CCCC1. The molecule has 1 saturated heterocycles. The van der Waals surface area contributed by atoms with E-state index in [1.165, 1.54) is 6.07 Å². The maximum atomic E-state index is 12.8. The Hall–Kier alpha value is -2.86. The zero-order valence-corrected chi connectivity index (χ0v) is 15.3. The van der Waals surface area contributed by atoms with Crippen molar-refractivity contribution < 1.29 is 19.8 Å². The van der Waals surface area contributed by atoms with Crippen molar-refractivity contribution in [3.8, 4) is 5.75 Å². The molecule has 1 aliphatic rings. The molecule has 0 spiro atoms. The molecule has 2 aromatic rings. The number of amides is 2. The first-order valence-corrected chi connectivity index (χ1v) is 9.10. The number of rotatable bonds is 5. The number of carbonyl (C=O) groups excluding carboxylic acids is 2. The molecule has 6 heteroatoms. The number of hydrogen-bond acceptors (Lipinski definition) is 4. The minimum absolute atomic E-state index is 0.0209. The topological polar surface area (TPSA) is 89.9 Å². The van der Waals surface area contributed by atoms with Gasteiger partial charge in [0.2, 0.25) is 0 Å². The molecular weight excluding hydrogens is 344 g/mol. The van der Waals surface area contributed by atoms with E-state index in [-0.39, 0.29) is 11.7 Å². The van der Waals surface area contributed by atoms with Gasteiger partial charge >= 0.3 is 0 Å². The first kappa shape index (κ1) is 18.9. The lowest BCUT2D eigenvalue weighted by Gasteiger charge is -2.27. The number of phenols is 1. The molecule has 0 aromatic heterocycles. The molecule has 2 aromatic carbocycles. The van der Waals surface area contributed by atoms with Crippen LogP contribution in [0.2, 0.25) is 0 Å². The van der Waals surface area contributed by atoms with Crippen LogP contribution in [-0.4, -0.2) is 46.1 Å². The molecule has 1 heterocycles. The second-order valence-electron chi connectivity index (χ2n) is 6.79. The van der Waals surface area contributed by atoms with Crippen LogP contribution in [0.4, 0.5) is 0 Å². The number of phenolic OH excluding ortho intramolecular Hbond substituents is 1. The Morgan fingerprint density at radius 1 is 1.04 bits per heavy atom. The second-order valence-corrected chi connectivity index (χ2v) is 6.79. The second kappa shape index (κ2) is 8.22. The molecule has 3 rings (SSSR count). The predicted molar refractivity (Wildman–Crippen MR) is 101 cm³/mol. The van der Waals surface area contributed by atoms with Crippen LogP contribution in [-0.2, 0) is 4.79 Å². The van der Waals surface area contributed by atoms with Gasteiger partial charge in [0, 0.05) is 24.2 Å². The Kier molecular flexibility index (Phi) is 5.76. The lowest BCUT2D eigenvalue weighted by molar-refractivity contribution is -0.140. The highest BCUT2D eigenvalue weighted by atomic mass is 16.3. The van der Waals surface area contributed by atoms with Crippen LogP contribution < -0.4 is 5.32 Å². The average Bonchev–Trinajstić information content (AvgIpc) is 3.22. The minimum atomic E-state index is -1.38. The summed E-state index contributed by atoms with van der Waals surface area (Å²) >= 11 is 0. The normalized spacial score (nSPS) is 16.0. The van der Waals surface area contributed by atoms with Gasteiger partial charge in [-0.15, -0.1) is 0 Å². The fourth-order valence-corrected chi connectivity index (χ4v) is 3.36. The van der Waals surface area contributed by atoms with Gasteiger partial charge in [0.25, 0.3) is 11.8 Å². The highest BCUT2D eigenvalue weighted by molar-refractivity contribution is 5.97. The van der Waals surface area contributed by atoms with E-state index in [1.807, 2.05) is 6.07 Å². The molecule has 3 N–H and O–H groups in total. The number of benzene rings is 2. The summed E-state index contributed by atoms with van der Waals surface area (Å²) < 4.78 is 0. The number of nitrogens with zero attached hydrogens (tertiary/aromatic N) is 1. The molecule has 6 nitrogen and oxygen atoms in total. The van der Waals surface area contributed by atoms with Gasteiger partial charge in [-0.25, -0.2) is 0 Å². The van der Waals surface area contributed by atoms with Crippen LogP contribution in [0.5, 0.6) is 5.75 Å². The molecule has 0 aliphatic carbocycles. The number of carbonyl (C=O) groups is 2. The van der Waals surface area contributed by atoms with Crippen LogP contribution in [0, 0.1) is 6.92 Å². The molecular formula is C21H24N2O4. The van der Waals surface area contributed by atoms with Crippen LogP contribution in [0.3, 0.4) is 0 Å². The maximum absolute atomic E-state index is 12.8. The molecule has 142 valence electrons. The fraction of sp³-hybridized carbons (Fsp3) is 0.333.